The number of hydrogen-bond acceptors (Lipinski definition) is 5. The molecule has 1 aliphatic rings. The van der Waals surface area contributed by atoms with Crippen LogP contribution in [0, 0.1) is 5.41 Å². The molecule has 160 valence electrons. The molecule has 1 aliphatic heterocycles. The SMILES string of the molecule is CCc1ccc(CNC(=O)C(C)(C)COc2cccc3c2C(N)=NS(=O)(=O)C3)cc1. The van der Waals surface area contributed by atoms with Gasteiger partial charge >= 0.3 is 0 Å². The molecule has 0 fully saturated rings. The summed E-state index contributed by atoms with van der Waals surface area (Å²) in [5, 5.41) is 2.95. The number of fused-ring (bicyclic) bond motifs is 1. The van der Waals surface area contributed by atoms with Crippen molar-refractivity contribution in [1.82, 2.24) is 5.32 Å². The van der Waals surface area contributed by atoms with Gasteiger partial charge in [-0.2, -0.15) is 0 Å². The number of amidine groups is 1. The number of aryl methyl sites for hydroxylation is 1. The summed E-state index contributed by atoms with van der Waals surface area (Å²) in [5.74, 6) is -0.0404. The normalized spacial score (nSPS) is 15.1. The van der Waals surface area contributed by atoms with Crippen molar-refractivity contribution in [3.05, 3.63) is 64.7 Å². The highest BCUT2D eigenvalue weighted by molar-refractivity contribution is 7.89. The second-order valence-corrected chi connectivity index (χ2v) is 9.65. The van der Waals surface area contributed by atoms with Crippen LogP contribution in [0.5, 0.6) is 5.75 Å². The number of hydrogen-bond donors (Lipinski definition) is 2. The van der Waals surface area contributed by atoms with Crippen molar-refractivity contribution < 1.29 is 17.9 Å². The van der Waals surface area contributed by atoms with Crippen LogP contribution in [0.3, 0.4) is 0 Å². The van der Waals surface area contributed by atoms with Gasteiger partial charge in [0.25, 0.3) is 10.0 Å². The molecule has 0 spiro atoms. The van der Waals surface area contributed by atoms with Crippen molar-refractivity contribution in [3.8, 4) is 5.75 Å². The minimum Gasteiger partial charge on any atom is -0.492 e. The fourth-order valence-electron chi connectivity index (χ4n) is 3.17. The van der Waals surface area contributed by atoms with E-state index in [4.69, 9.17) is 10.5 Å². The standard InChI is InChI=1S/C22H27N3O4S/c1-4-15-8-10-16(11-9-15)12-24-21(26)22(2,3)14-29-18-7-5-6-17-13-30(27,28)25-20(23)19(17)18/h5-11H,4,12-14H2,1-3H3,(H2,23,25)(H,24,26). The molecule has 0 aliphatic carbocycles. The van der Waals surface area contributed by atoms with Crippen LogP contribution in [-0.2, 0) is 33.5 Å². The maximum atomic E-state index is 12.7. The van der Waals surface area contributed by atoms with Crippen molar-refractivity contribution in [2.45, 2.75) is 39.5 Å². The summed E-state index contributed by atoms with van der Waals surface area (Å²) in [6.07, 6.45) is 0.974. The number of nitrogens with two attached hydrogens (primary N) is 1. The van der Waals surface area contributed by atoms with Gasteiger partial charge in [-0.15, -0.1) is 4.40 Å². The fourth-order valence-corrected chi connectivity index (χ4v) is 4.26. The average molecular weight is 430 g/mol. The third kappa shape index (κ3) is 4.99. The Hall–Kier alpha value is -2.87. The molecular formula is C22H27N3O4S. The molecule has 2 aromatic carbocycles. The summed E-state index contributed by atoms with van der Waals surface area (Å²) in [4.78, 5) is 12.7. The van der Waals surface area contributed by atoms with E-state index in [9.17, 15) is 13.2 Å². The predicted octanol–water partition coefficient (Wildman–Crippen LogP) is 2.52. The van der Waals surface area contributed by atoms with E-state index < -0.39 is 15.4 Å². The number of carbonyl (C=O) groups is 1. The predicted molar refractivity (Wildman–Crippen MR) is 117 cm³/mol. The quantitative estimate of drug-likeness (QED) is 0.703. The third-order valence-electron chi connectivity index (χ3n) is 5.03. The Morgan fingerprint density at radius 2 is 1.83 bits per heavy atom. The molecule has 1 heterocycles. The van der Waals surface area contributed by atoms with Crippen LogP contribution in [0.4, 0.5) is 0 Å². The summed E-state index contributed by atoms with van der Waals surface area (Å²) in [6.45, 7) is 6.22. The zero-order valence-corrected chi connectivity index (χ0v) is 18.3. The van der Waals surface area contributed by atoms with Crippen molar-refractivity contribution in [2.75, 3.05) is 6.61 Å². The molecule has 0 aromatic heterocycles. The molecular weight excluding hydrogens is 402 g/mol. The van der Waals surface area contributed by atoms with E-state index in [1.54, 1.807) is 32.0 Å². The Morgan fingerprint density at radius 1 is 1.17 bits per heavy atom. The summed E-state index contributed by atoms with van der Waals surface area (Å²) < 4.78 is 33.1. The number of amides is 1. The highest BCUT2D eigenvalue weighted by atomic mass is 32.2. The Balaban J connectivity index is 1.65. The van der Waals surface area contributed by atoms with E-state index in [1.807, 2.05) is 12.1 Å². The van der Waals surface area contributed by atoms with Gasteiger partial charge in [0.15, 0.2) is 0 Å². The smallest absolute Gasteiger partial charge is 0.259 e. The maximum Gasteiger partial charge on any atom is 0.259 e. The molecule has 0 atom stereocenters. The van der Waals surface area contributed by atoms with E-state index >= 15 is 0 Å². The lowest BCUT2D eigenvalue weighted by Crippen LogP contribution is -2.40. The zero-order chi connectivity index (χ0) is 21.9. The molecule has 30 heavy (non-hydrogen) atoms. The first-order chi connectivity index (χ1) is 14.1. The summed E-state index contributed by atoms with van der Waals surface area (Å²) in [7, 11) is -3.61. The number of nitrogens with one attached hydrogen (secondary N) is 1. The first-order valence-electron chi connectivity index (χ1n) is 9.80. The van der Waals surface area contributed by atoms with Crippen molar-refractivity contribution >= 4 is 21.8 Å². The maximum absolute atomic E-state index is 12.7. The van der Waals surface area contributed by atoms with Crippen molar-refractivity contribution in [3.63, 3.8) is 0 Å². The molecule has 2 aromatic rings. The monoisotopic (exact) mass is 429 g/mol. The van der Waals surface area contributed by atoms with Gasteiger partial charge in [-0.05, 0) is 43.0 Å². The first kappa shape index (κ1) is 21.8. The minimum atomic E-state index is -3.61. The van der Waals surface area contributed by atoms with Gasteiger partial charge in [-0.25, -0.2) is 8.42 Å². The molecule has 7 nitrogen and oxygen atoms in total. The molecule has 0 bridgehead atoms. The van der Waals surface area contributed by atoms with Gasteiger partial charge < -0.3 is 15.8 Å². The zero-order valence-electron chi connectivity index (χ0n) is 17.4. The molecule has 0 saturated carbocycles. The molecule has 8 heteroatoms. The van der Waals surface area contributed by atoms with E-state index in [0.717, 1.165) is 12.0 Å². The molecule has 1 amide bonds. The Kier molecular flexibility index (Phi) is 6.17. The molecule has 0 unspecified atom stereocenters. The minimum absolute atomic E-state index is 0.0929. The van der Waals surface area contributed by atoms with Gasteiger partial charge in [-0.3, -0.25) is 4.79 Å². The van der Waals surface area contributed by atoms with Gasteiger partial charge in [0.1, 0.15) is 18.2 Å². The summed E-state index contributed by atoms with van der Waals surface area (Å²) >= 11 is 0. The van der Waals surface area contributed by atoms with Gasteiger partial charge in [0, 0.05) is 6.54 Å². The first-order valence-corrected chi connectivity index (χ1v) is 11.4. The second kappa shape index (κ2) is 8.47. The lowest BCUT2D eigenvalue weighted by atomic mass is 9.93. The summed E-state index contributed by atoms with van der Waals surface area (Å²) in [5.41, 5.74) is 8.35. The lowest BCUT2D eigenvalue weighted by Gasteiger charge is -2.25. The number of nitrogens with zero attached hydrogens (tertiary/aromatic N) is 1. The second-order valence-electron chi connectivity index (χ2n) is 8.02. The Morgan fingerprint density at radius 3 is 2.50 bits per heavy atom. The van der Waals surface area contributed by atoms with Gasteiger partial charge in [0.05, 0.1) is 16.7 Å². The fraction of sp³-hybridized carbons (Fsp3) is 0.364. The van der Waals surface area contributed by atoms with Crippen molar-refractivity contribution in [2.24, 2.45) is 15.5 Å². The van der Waals surface area contributed by atoms with E-state index in [-0.39, 0.29) is 24.1 Å². The van der Waals surface area contributed by atoms with Crippen LogP contribution in [0.2, 0.25) is 0 Å². The van der Waals surface area contributed by atoms with Gasteiger partial charge in [-0.1, -0.05) is 43.3 Å². The number of rotatable bonds is 7. The van der Waals surface area contributed by atoms with E-state index in [2.05, 4.69) is 28.8 Å². The van der Waals surface area contributed by atoms with Crippen LogP contribution < -0.4 is 15.8 Å². The molecule has 3 N–H and O–H groups in total. The van der Waals surface area contributed by atoms with Crippen molar-refractivity contribution in [1.29, 1.82) is 0 Å². The average Bonchev–Trinajstić information content (AvgIpc) is 2.69. The highest BCUT2D eigenvalue weighted by Crippen LogP contribution is 2.29. The van der Waals surface area contributed by atoms with Crippen LogP contribution in [0.1, 0.15) is 43.0 Å². The molecule has 0 saturated heterocycles. The number of carbonyl (C=O) groups excluding carboxylic acids is 1. The number of sulfonamides is 1. The molecule has 0 radical (unpaired) electrons. The van der Waals surface area contributed by atoms with E-state index in [1.165, 1.54) is 5.56 Å². The van der Waals surface area contributed by atoms with Crippen LogP contribution in [0.15, 0.2) is 46.9 Å². The van der Waals surface area contributed by atoms with E-state index in [0.29, 0.717) is 23.4 Å². The van der Waals surface area contributed by atoms with Crippen LogP contribution in [-0.4, -0.2) is 26.8 Å². The molecule has 3 rings (SSSR count). The Bertz CT molecular complexity index is 1070. The third-order valence-corrected chi connectivity index (χ3v) is 6.18. The number of ether oxygens (including phenoxy) is 1. The van der Waals surface area contributed by atoms with Crippen LogP contribution >= 0.6 is 0 Å². The lowest BCUT2D eigenvalue weighted by molar-refractivity contribution is -0.131. The van der Waals surface area contributed by atoms with Crippen LogP contribution in [0.25, 0.3) is 0 Å². The summed E-state index contributed by atoms with van der Waals surface area (Å²) in [6, 6.07) is 13.2. The topological polar surface area (TPSA) is 111 Å². The highest BCUT2D eigenvalue weighted by Gasteiger charge is 2.30. The largest absolute Gasteiger partial charge is 0.492 e. The van der Waals surface area contributed by atoms with Gasteiger partial charge in [0.2, 0.25) is 5.91 Å². The Labute approximate surface area is 177 Å². The number of benzene rings is 2.